The number of aromatic nitrogens is 1. The van der Waals surface area contributed by atoms with Gasteiger partial charge in [0.1, 0.15) is 16.4 Å². The van der Waals surface area contributed by atoms with Gasteiger partial charge in [0, 0.05) is 16.1 Å². The van der Waals surface area contributed by atoms with Crippen LogP contribution in [-0.4, -0.2) is 22.7 Å². The molecule has 2 heterocycles. The van der Waals surface area contributed by atoms with Gasteiger partial charge in [0.15, 0.2) is 5.11 Å². The summed E-state index contributed by atoms with van der Waals surface area (Å²) in [5.41, 5.74) is 3.21. The highest BCUT2D eigenvalue weighted by Crippen LogP contribution is 2.40. The summed E-state index contributed by atoms with van der Waals surface area (Å²) in [6, 6.07) is 15.5. The van der Waals surface area contributed by atoms with Gasteiger partial charge in [0.25, 0.3) is 0 Å². The Morgan fingerprint density at radius 3 is 2.54 bits per heavy atom. The lowest BCUT2D eigenvalue weighted by atomic mass is 10.0. The molecule has 0 fully saturated rings. The van der Waals surface area contributed by atoms with Crippen LogP contribution in [0.15, 0.2) is 48.5 Å². The van der Waals surface area contributed by atoms with Gasteiger partial charge in [-0.2, -0.15) is 0 Å². The van der Waals surface area contributed by atoms with Crippen molar-refractivity contribution in [2.24, 2.45) is 0 Å². The topological polar surface area (TPSA) is 63.2 Å². The molecular weight excluding hydrogens is 390 g/mol. The van der Waals surface area contributed by atoms with Crippen molar-refractivity contribution in [1.82, 2.24) is 4.98 Å². The first kappa shape index (κ1) is 20.0. The molecule has 0 unspecified atom stereocenters. The third-order valence-electron chi connectivity index (χ3n) is 3.98. The highest BCUT2D eigenvalue weighted by atomic mass is 32.1. The van der Waals surface area contributed by atoms with Crippen LogP contribution in [-0.2, 0) is 4.74 Å². The van der Waals surface area contributed by atoms with E-state index < -0.39 is 0 Å². The van der Waals surface area contributed by atoms with E-state index in [1.165, 1.54) is 11.3 Å². The number of nitrogens with one attached hydrogen (secondary N) is 2. The van der Waals surface area contributed by atoms with Crippen LogP contribution in [0.1, 0.15) is 27.9 Å². The van der Waals surface area contributed by atoms with Crippen molar-refractivity contribution < 1.29 is 9.53 Å². The van der Waals surface area contributed by atoms with E-state index in [1.807, 2.05) is 62.4 Å². The number of hydrogen-bond acceptors (Lipinski definition) is 5. The Balaban J connectivity index is 1.94. The van der Waals surface area contributed by atoms with Crippen LogP contribution < -0.4 is 10.6 Å². The largest absolute Gasteiger partial charge is 0.462 e. The molecule has 28 heavy (non-hydrogen) atoms. The lowest BCUT2D eigenvalue weighted by Crippen LogP contribution is -2.21. The summed E-state index contributed by atoms with van der Waals surface area (Å²) in [7, 11) is 0. The van der Waals surface area contributed by atoms with E-state index in [-0.39, 0.29) is 5.97 Å². The summed E-state index contributed by atoms with van der Waals surface area (Å²) >= 11 is 6.91. The van der Waals surface area contributed by atoms with Crippen LogP contribution >= 0.6 is 23.6 Å². The Labute approximate surface area is 173 Å². The van der Waals surface area contributed by atoms with Gasteiger partial charge in [-0.25, -0.2) is 9.78 Å². The second-order valence-corrected chi connectivity index (χ2v) is 7.70. The number of rotatable bonds is 5. The van der Waals surface area contributed by atoms with E-state index in [2.05, 4.69) is 15.6 Å². The first-order chi connectivity index (χ1) is 13.5. The third-order valence-corrected chi connectivity index (χ3v) is 5.21. The Morgan fingerprint density at radius 2 is 1.86 bits per heavy atom. The minimum absolute atomic E-state index is 0.303. The Bertz CT molecular complexity index is 1000. The van der Waals surface area contributed by atoms with Crippen molar-refractivity contribution in [3.05, 3.63) is 64.7 Å². The number of benzene rings is 1. The zero-order chi connectivity index (χ0) is 20.1. The van der Waals surface area contributed by atoms with Gasteiger partial charge >= 0.3 is 5.97 Å². The second-order valence-electron chi connectivity index (χ2n) is 6.07. The lowest BCUT2D eigenvalue weighted by Gasteiger charge is -2.11. The molecule has 5 nitrogen and oxygen atoms in total. The predicted octanol–water partition coefficient (Wildman–Crippen LogP) is 5.41. The van der Waals surface area contributed by atoms with Crippen molar-refractivity contribution in [2.75, 3.05) is 17.2 Å². The molecule has 3 rings (SSSR count). The summed E-state index contributed by atoms with van der Waals surface area (Å²) in [5.74, 6) is 0.274. The van der Waals surface area contributed by atoms with Crippen LogP contribution in [0.3, 0.4) is 0 Å². The standard InChI is InChI=1S/C21H21N3O2S2/c1-4-26-20(25)18-17(15-10-6-5-7-11-15)14(3)28-19(18)24-21(27)23-16-12-8-9-13(2)22-16/h5-12H,4H2,1-3H3,(H2,22,23,24,27). The molecule has 0 saturated heterocycles. The second kappa shape index (κ2) is 8.95. The molecule has 2 N–H and O–H groups in total. The summed E-state index contributed by atoms with van der Waals surface area (Å²) in [6.07, 6.45) is 0. The molecule has 0 aliphatic rings. The maximum absolute atomic E-state index is 12.7. The molecular formula is C21H21N3O2S2. The van der Waals surface area contributed by atoms with Crippen molar-refractivity contribution in [2.45, 2.75) is 20.8 Å². The number of anilines is 2. The highest BCUT2D eigenvalue weighted by molar-refractivity contribution is 7.80. The molecule has 0 saturated carbocycles. The summed E-state index contributed by atoms with van der Waals surface area (Å²) in [4.78, 5) is 18.1. The molecule has 0 amide bonds. The number of thiocarbonyl (C=S) groups is 1. The lowest BCUT2D eigenvalue weighted by molar-refractivity contribution is 0.0529. The molecule has 0 aliphatic heterocycles. The Hall–Kier alpha value is -2.77. The maximum atomic E-state index is 12.7. The van der Waals surface area contributed by atoms with Gasteiger partial charge in [-0.15, -0.1) is 11.3 Å². The first-order valence-electron chi connectivity index (χ1n) is 8.87. The average molecular weight is 412 g/mol. The minimum Gasteiger partial charge on any atom is -0.462 e. The van der Waals surface area contributed by atoms with Crippen molar-refractivity contribution in [3.8, 4) is 11.1 Å². The fourth-order valence-corrected chi connectivity index (χ4v) is 4.19. The zero-order valence-electron chi connectivity index (χ0n) is 15.9. The van der Waals surface area contributed by atoms with Crippen LogP contribution in [0, 0.1) is 13.8 Å². The fourth-order valence-electron chi connectivity index (χ4n) is 2.85. The van der Waals surface area contributed by atoms with Crippen molar-refractivity contribution in [1.29, 1.82) is 0 Å². The van der Waals surface area contributed by atoms with E-state index in [0.29, 0.717) is 28.1 Å². The molecule has 3 aromatic rings. The van der Waals surface area contributed by atoms with Gasteiger partial charge in [-0.3, -0.25) is 0 Å². The highest BCUT2D eigenvalue weighted by Gasteiger charge is 2.24. The molecule has 2 aromatic heterocycles. The molecule has 0 spiro atoms. The van der Waals surface area contributed by atoms with Crippen LogP contribution in [0.25, 0.3) is 11.1 Å². The molecule has 0 bridgehead atoms. The number of aryl methyl sites for hydroxylation is 2. The predicted molar refractivity (Wildman–Crippen MR) is 119 cm³/mol. The van der Waals surface area contributed by atoms with Gasteiger partial charge in [0.2, 0.25) is 0 Å². The fraction of sp³-hybridized carbons (Fsp3) is 0.190. The van der Waals surface area contributed by atoms with Gasteiger partial charge in [0.05, 0.1) is 6.61 Å². The quantitative estimate of drug-likeness (QED) is 0.432. The number of carbonyl (C=O) groups excluding carboxylic acids is 1. The normalized spacial score (nSPS) is 10.4. The number of esters is 1. The Morgan fingerprint density at radius 1 is 1.11 bits per heavy atom. The van der Waals surface area contributed by atoms with E-state index in [9.17, 15) is 4.79 Å². The molecule has 0 atom stereocenters. The van der Waals surface area contributed by atoms with Crippen molar-refractivity contribution >= 4 is 45.5 Å². The third kappa shape index (κ3) is 4.55. The number of carbonyl (C=O) groups is 1. The smallest absolute Gasteiger partial charge is 0.341 e. The van der Waals surface area contributed by atoms with E-state index in [4.69, 9.17) is 17.0 Å². The maximum Gasteiger partial charge on any atom is 0.341 e. The number of ether oxygens (including phenoxy) is 1. The molecule has 7 heteroatoms. The van der Waals surface area contributed by atoms with Crippen molar-refractivity contribution in [3.63, 3.8) is 0 Å². The van der Waals surface area contributed by atoms with Gasteiger partial charge < -0.3 is 15.4 Å². The van der Waals surface area contributed by atoms with Crippen LogP contribution in [0.2, 0.25) is 0 Å². The SMILES string of the molecule is CCOC(=O)c1c(NC(=S)Nc2cccc(C)n2)sc(C)c1-c1ccccc1. The number of nitrogens with zero attached hydrogens (tertiary/aromatic N) is 1. The molecule has 0 aliphatic carbocycles. The minimum atomic E-state index is -0.371. The number of pyridine rings is 1. The Kier molecular flexibility index (Phi) is 6.38. The average Bonchev–Trinajstić information content (AvgIpc) is 2.98. The van der Waals surface area contributed by atoms with Crippen LogP contribution in [0.5, 0.6) is 0 Å². The van der Waals surface area contributed by atoms with E-state index in [0.717, 1.165) is 21.7 Å². The number of hydrogen-bond donors (Lipinski definition) is 2. The summed E-state index contributed by atoms with van der Waals surface area (Å²) in [6.45, 7) is 5.99. The monoisotopic (exact) mass is 411 g/mol. The summed E-state index contributed by atoms with van der Waals surface area (Å²) < 4.78 is 5.31. The number of thiophene rings is 1. The zero-order valence-corrected chi connectivity index (χ0v) is 17.5. The summed E-state index contributed by atoms with van der Waals surface area (Å²) in [5, 5.41) is 7.23. The van der Waals surface area contributed by atoms with Crippen LogP contribution in [0.4, 0.5) is 10.8 Å². The van der Waals surface area contributed by atoms with E-state index >= 15 is 0 Å². The van der Waals surface area contributed by atoms with E-state index in [1.54, 1.807) is 6.92 Å². The molecule has 0 radical (unpaired) electrons. The molecule has 144 valence electrons. The van der Waals surface area contributed by atoms with Gasteiger partial charge in [-0.1, -0.05) is 36.4 Å². The van der Waals surface area contributed by atoms with Gasteiger partial charge in [-0.05, 0) is 50.7 Å². The molecule has 1 aromatic carbocycles. The first-order valence-corrected chi connectivity index (χ1v) is 10.1.